The fourth-order valence-electron chi connectivity index (χ4n) is 5.46. The Balaban J connectivity index is 1.59. The zero-order valence-electron chi connectivity index (χ0n) is 20.6. The van der Waals surface area contributed by atoms with Gasteiger partial charge in [0.15, 0.2) is 11.6 Å². The van der Waals surface area contributed by atoms with E-state index in [-0.39, 0.29) is 45.6 Å². The number of carbonyl (C=O) groups excluding carboxylic acids is 2. The van der Waals surface area contributed by atoms with Crippen LogP contribution in [0.3, 0.4) is 0 Å². The Morgan fingerprint density at radius 2 is 0.825 bits per heavy atom. The Labute approximate surface area is 226 Å². The van der Waals surface area contributed by atoms with Crippen LogP contribution in [0.4, 0.5) is 0 Å². The largest absolute Gasteiger partial charge is 0.508 e. The molecule has 2 aliphatic heterocycles. The van der Waals surface area contributed by atoms with E-state index in [4.69, 9.17) is 9.47 Å². The van der Waals surface area contributed by atoms with Crippen LogP contribution in [0.2, 0.25) is 0 Å². The maximum Gasteiger partial charge on any atom is 0.178 e. The maximum absolute atomic E-state index is 14.2. The average molecular weight is 542 g/mol. The molecular weight excluding hydrogens is 520 g/mol. The first kappa shape index (κ1) is 24.9. The number of fused-ring (bicyclic) bond motifs is 2. The normalized spacial score (nSPS) is 21.6. The summed E-state index contributed by atoms with van der Waals surface area (Å²) in [5.41, 5.74) is 0.330. The number of phenols is 6. The lowest BCUT2D eigenvalue weighted by Gasteiger charge is -2.42. The summed E-state index contributed by atoms with van der Waals surface area (Å²) in [5.74, 6) is -6.10. The summed E-state index contributed by atoms with van der Waals surface area (Å²) in [6.45, 7) is 0. The Morgan fingerprint density at radius 3 is 1.18 bits per heavy atom. The van der Waals surface area contributed by atoms with Crippen molar-refractivity contribution in [2.45, 2.75) is 12.2 Å². The molecule has 0 saturated carbocycles. The molecule has 0 aromatic heterocycles. The van der Waals surface area contributed by atoms with Crippen LogP contribution >= 0.6 is 0 Å². The van der Waals surface area contributed by atoms with Crippen molar-refractivity contribution in [3.05, 3.63) is 95.1 Å². The van der Waals surface area contributed by atoms with Crippen LogP contribution in [0.1, 0.15) is 44.1 Å². The van der Waals surface area contributed by atoms with Crippen LogP contribution < -0.4 is 9.47 Å². The first-order valence-electron chi connectivity index (χ1n) is 12.2. The number of rotatable bonds is 3. The third-order valence-corrected chi connectivity index (χ3v) is 7.22. The fraction of sp³-hybridized carbons (Fsp3) is 0.133. The average Bonchev–Trinajstić information content (AvgIpc) is 2.89. The highest BCUT2D eigenvalue weighted by molar-refractivity contribution is 6.11. The SMILES string of the molecule is O=C1c2c(O)cc(O)cc2O[C@@H](c2ccc(O)cc2)[C@H]1[C@H]1C(=O)c2c(O)cc(O)cc2O[C@H]1c1ccc(O)cc1. The Kier molecular flexibility index (Phi) is 5.69. The van der Waals surface area contributed by atoms with Gasteiger partial charge in [-0.2, -0.15) is 0 Å². The second-order valence-electron chi connectivity index (χ2n) is 9.72. The van der Waals surface area contributed by atoms with Crippen LogP contribution in [0, 0.1) is 11.8 Å². The monoisotopic (exact) mass is 542 g/mol. The zero-order chi connectivity index (χ0) is 28.3. The van der Waals surface area contributed by atoms with Crippen LogP contribution in [0.5, 0.6) is 46.0 Å². The molecule has 6 rings (SSSR count). The van der Waals surface area contributed by atoms with E-state index >= 15 is 0 Å². The summed E-state index contributed by atoms with van der Waals surface area (Å²) < 4.78 is 12.3. The molecule has 0 unspecified atom stereocenters. The predicted molar refractivity (Wildman–Crippen MR) is 138 cm³/mol. The number of hydrogen-bond acceptors (Lipinski definition) is 10. The number of Topliss-reactive ketones (excluding diaryl/α,β-unsaturated/α-hetero) is 2. The van der Waals surface area contributed by atoms with E-state index in [0.29, 0.717) is 11.1 Å². The molecule has 10 nitrogen and oxygen atoms in total. The lowest BCUT2D eigenvalue weighted by molar-refractivity contribution is 0.0129. The lowest BCUT2D eigenvalue weighted by Crippen LogP contribution is -2.45. The predicted octanol–water partition coefficient (Wildman–Crippen LogP) is 4.49. The minimum Gasteiger partial charge on any atom is -0.508 e. The molecule has 40 heavy (non-hydrogen) atoms. The van der Waals surface area contributed by atoms with Crippen molar-refractivity contribution >= 4 is 11.6 Å². The maximum atomic E-state index is 14.2. The van der Waals surface area contributed by atoms with Gasteiger partial charge < -0.3 is 40.1 Å². The Bertz CT molecular complexity index is 1530. The molecule has 0 spiro atoms. The summed E-state index contributed by atoms with van der Waals surface area (Å²) in [6.07, 6.45) is -2.31. The van der Waals surface area contributed by atoms with Gasteiger partial charge >= 0.3 is 0 Å². The lowest BCUT2D eigenvalue weighted by atomic mass is 9.69. The minimum atomic E-state index is -1.33. The minimum absolute atomic E-state index is 0.0455. The number of benzene rings is 4. The number of ether oxygens (including phenoxy) is 2. The number of hydrogen-bond donors (Lipinski definition) is 6. The number of aromatic hydroxyl groups is 6. The van der Waals surface area contributed by atoms with Crippen LogP contribution in [0.15, 0.2) is 72.8 Å². The molecule has 4 aromatic rings. The summed E-state index contributed by atoms with van der Waals surface area (Å²) in [6, 6.07) is 15.9. The van der Waals surface area contributed by atoms with Crippen molar-refractivity contribution < 1.29 is 49.7 Å². The molecule has 4 atom stereocenters. The van der Waals surface area contributed by atoms with Crippen molar-refractivity contribution in [3.8, 4) is 46.0 Å². The summed E-state index contributed by atoms with van der Waals surface area (Å²) in [5, 5.41) is 61.1. The van der Waals surface area contributed by atoms with E-state index in [2.05, 4.69) is 0 Å². The number of carbonyl (C=O) groups is 2. The molecule has 0 radical (unpaired) electrons. The van der Waals surface area contributed by atoms with E-state index in [0.717, 1.165) is 12.1 Å². The highest BCUT2D eigenvalue weighted by Crippen LogP contribution is 2.53. The molecular formula is C30H22O10. The molecule has 10 heteroatoms. The standard InChI is InChI=1S/C30H22O10/c31-15-5-1-13(2-6-15)29-25(27(37)23-19(35)9-17(33)11-21(23)39-29)26-28(38)24-20(36)10-18(34)12-22(24)40-30(26)14-3-7-16(32)8-4-14/h1-12,25-26,29-36H/t25-,26-,29-,30-/m0/s1. The Morgan fingerprint density at radius 1 is 0.475 bits per heavy atom. The molecule has 0 bridgehead atoms. The van der Waals surface area contributed by atoms with Crippen molar-refractivity contribution in [3.63, 3.8) is 0 Å². The topological polar surface area (TPSA) is 174 Å². The van der Waals surface area contributed by atoms with Crippen molar-refractivity contribution in [2.24, 2.45) is 11.8 Å². The molecule has 202 valence electrons. The molecule has 2 heterocycles. The summed E-state index contributed by atoms with van der Waals surface area (Å²) in [7, 11) is 0. The molecule has 2 aliphatic rings. The third-order valence-electron chi connectivity index (χ3n) is 7.22. The van der Waals surface area contributed by atoms with E-state index in [1.54, 1.807) is 0 Å². The van der Waals surface area contributed by atoms with Gasteiger partial charge in [-0.25, -0.2) is 0 Å². The first-order valence-corrected chi connectivity index (χ1v) is 12.2. The van der Waals surface area contributed by atoms with Crippen molar-refractivity contribution in [2.75, 3.05) is 0 Å². The second-order valence-corrected chi connectivity index (χ2v) is 9.72. The smallest absolute Gasteiger partial charge is 0.178 e. The van der Waals surface area contributed by atoms with Gasteiger partial charge in [-0.15, -0.1) is 0 Å². The van der Waals surface area contributed by atoms with Crippen LogP contribution in [0.25, 0.3) is 0 Å². The second kappa shape index (κ2) is 9.12. The van der Waals surface area contributed by atoms with Gasteiger partial charge in [0.05, 0.1) is 11.8 Å². The van der Waals surface area contributed by atoms with Crippen molar-refractivity contribution in [1.29, 1.82) is 0 Å². The van der Waals surface area contributed by atoms with E-state index in [1.807, 2.05) is 0 Å². The fourth-order valence-corrected chi connectivity index (χ4v) is 5.46. The van der Waals surface area contributed by atoms with Gasteiger partial charge in [-0.3, -0.25) is 9.59 Å². The van der Waals surface area contributed by atoms with Gasteiger partial charge in [-0.05, 0) is 35.4 Å². The first-order chi connectivity index (χ1) is 19.1. The van der Waals surface area contributed by atoms with Gasteiger partial charge in [0, 0.05) is 24.3 Å². The summed E-state index contributed by atoms with van der Waals surface area (Å²) in [4.78, 5) is 28.4. The molecule has 6 N–H and O–H groups in total. The quantitative estimate of drug-likeness (QED) is 0.216. The highest BCUT2D eigenvalue weighted by Gasteiger charge is 2.53. The molecule has 0 fully saturated rings. The molecule has 0 saturated heterocycles. The number of ketones is 2. The van der Waals surface area contributed by atoms with Crippen molar-refractivity contribution in [1.82, 2.24) is 0 Å². The van der Waals surface area contributed by atoms with Gasteiger partial charge in [0.25, 0.3) is 0 Å². The van der Waals surface area contributed by atoms with E-state index < -0.39 is 47.1 Å². The van der Waals surface area contributed by atoms with E-state index in [9.17, 15) is 40.2 Å². The molecule has 0 amide bonds. The highest BCUT2D eigenvalue weighted by atomic mass is 16.5. The van der Waals surface area contributed by atoms with Gasteiger partial charge in [0.1, 0.15) is 69.3 Å². The van der Waals surface area contributed by atoms with E-state index in [1.165, 1.54) is 60.7 Å². The molecule has 0 aliphatic carbocycles. The Hall–Kier alpha value is -5.38. The van der Waals surface area contributed by atoms with Gasteiger partial charge in [-0.1, -0.05) is 24.3 Å². The van der Waals surface area contributed by atoms with Crippen LogP contribution in [-0.4, -0.2) is 42.2 Å². The van der Waals surface area contributed by atoms with Crippen LogP contribution in [-0.2, 0) is 0 Å². The molecule has 4 aromatic carbocycles. The zero-order valence-corrected chi connectivity index (χ0v) is 20.6. The summed E-state index contributed by atoms with van der Waals surface area (Å²) >= 11 is 0. The third kappa shape index (κ3) is 3.97. The number of phenolic OH excluding ortho intramolecular Hbond substituents is 6. The van der Waals surface area contributed by atoms with Gasteiger partial charge in [0.2, 0.25) is 0 Å².